The Bertz CT molecular complexity index is 862. The fourth-order valence-corrected chi connectivity index (χ4v) is 3.36. The van der Waals surface area contributed by atoms with Gasteiger partial charge in [-0.25, -0.2) is 0 Å². The molecule has 1 aliphatic carbocycles. The lowest BCUT2D eigenvalue weighted by atomic mass is 10.0. The highest BCUT2D eigenvalue weighted by Gasteiger charge is 2.57. The number of nitrogens with one attached hydrogen (secondary N) is 1. The Morgan fingerprint density at radius 1 is 1.04 bits per heavy atom. The molecule has 0 spiro atoms. The lowest BCUT2D eigenvalue weighted by molar-refractivity contribution is -0.143. The molecule has 2 amide bonds. The van der Waals surface area contributed by atoms with Crippen LogP contribution in [-0.2, 0) is 22.7 Å². The smallest absolute Gasteiger partial charge is 0.238 e. The van der Waals surface area contributed by atoms with Crippen LogP contribution in [0.4, 0.5) is 0 Å². The van der Waals surface area contributed by atoms with Crippen molar-refractivity contribution in [3.05, 3.63) is 59.7 Å². The van der Waals surface area contributed by atoms with E-state index < -0.39 is 5.41 Å². The maximum absolute atomic E-state index is 12.9. The van der Waals surface area contributed by atoms with E-state index in [1.54, 1.807) is 11.9 Å². The third-order valence-electron chi connectivity index (χ3n) is 5.09. The van der Waals surface area contributed by atoms with E-state index in [1.165, 1.54) is 0 Å². The molecule has 0 unspecified atom stereocenters. The number of ether oxygens (including phenoxy) is 2. The molecule has 27 heavy (non-hydrogen) atoms. The van der Waals surface area contributed by atoms with Gasteiger partial charge < -0.3 is 19.7 Å². The van der Waals surface area contributed by atoms with Crippen LogP contribution in [-0.4, -0.2) is 30.6 Å². The summed E-state index contributed by atoms with van der Waals surface area (Å²) in [5, 5.41) is 2.91. The summed E-state index contributed by atoms with van der Waals surface area (Å²) in [4.78, 5) is 27.2. The molecule has 2 aromatic rings. The zero-order valence-electron chi connectivity index (χ0n) is 15.2. The standard InChI is InChI=1S/C21H22N2O4/c1-23(13-15-5-3-2-4-6-15)20(25)21(9-10-21)19(24)22-12-16-7-8-17-18(11-16)27-14-26-17/h2-8,11H,9-10,12-14H2,1H3,(H,22,24). The number of rotatable bonds is 6. The van der Waals surface area contributed by atoms with Crippen molar-refractivity contribution in [3.63, 3.8) is 0 Å². The maximum Gasteiger partial charge on any atom is 0.238 e. The molecular weight excluding hydrogens is 344 g/mol. The number of carbonyl (C=O) groups is 2. The first-order chi connectivity index (χ1) is 13.1. The van der Waals surface area contributed by atoms with Crippen LogP contribution >= 0.6 is 0 Å². The van der Waals surface area contributed by atoms with E-state index in [0.29, 0.717) is 37.4 Å². The summed E-state index contributed by atoms with van der Waals surface area (Å²) in [5.74, 6) is 1.07. The zero-order chi connectivity index (χ0) is 18.9. The molecule has 2 aromatic carbocycles. The van der Waals surface area contributed by atoms with Gasteiger partial charge in [0.25, 0.3) is 0 Å². The Balaban J connectivity index is 1.37. The second-order valence-corrected chi connectivity index (χ2v) is 7.10. The van der Waals surface area contributed by atoms with Crippen molar-refractivity contribution < 1.29 is 19.1 Å². The molecule has 0 radical (unpaired) electrons. The lowest BCUT2D eigenvalue weighted by Gasteiger charge is -2.23. The Hall–Kier alpha value is -3.02. The van der Waals surface area contributed by atoms with E-state index in [9.17, 15) is 9.59 Å². The van der Waals surface area contributed by atoms with Gasteiger partial charge in [0.05, 0.1) is 0 Å². The predicted molar refractivity (Wildman–Crippen MR) is 99.0 cm³/mol. The van der Waals surface area contributed by atoms with Crippen LogP contribution in [0.15, 0.2) is 48.5 Å². The molecule has 1 saturated carbocycles. The van der Waals surface area contributed by atoms with Crippen molar-refractivity contribution in [2.45, 2.75) is 25.9 Å². The maximum atomic E-state index is 12.9. The first-order valence-electron chi connectivity index (χ1n) is 9.05. The van der Waals surface area contributed by atoms with Crippen molar-refractivity contribution in [1.29, 1.82) is 0 Å². The molecule has 1 heterocycles. The van der Waals surface area contributed by atoms with Crippen molar-refractivity contribution in [1.82, 2.24) is 10.2 Å². The fourth-order valence-electron chi connectivity index (χ4n) is 3.36. The minimum absolute atomic E-state index is 0.116. The molecule has 140 valence electrons. The minimum Gasteiger partial charge on any atom is -0.454 e. The second-order valence-electron chi connectivity index (χ2n) is 7.10. The van der Waals surface area contributed by atoms with E-state index in [-0.39, 0.29) is 18.6 Å². The highest BCUT2D eigenvalue weighted by molar-refractivity contribution is 6.07. The summed E-state index contributed by atoms with van der Waals surface area (Å²) < 4.78 is 10.6. The number of carbonyl (C=O) groups excluding carboxylic acids is 2. The predicted octanol–water partition coefficient (Wildman–Crippen LogP) is 2.47. The summed E-state index contributed by atoms with van der Waals surface area (Å²) in [6.45, 7) is 1.07. The van der Waals surface area contributed by atoms with E-state index >= 15 is 0 Å². The fraction of sp³-hybridized carbons (Fsp3) is 0.333. The second kappa shape index (κ2) is 6.95. The lowest BCUT2D eigenvalue weighted by Crippen LogP contribution is -2.43. The highest BCUT2D eigenvalue weighted by Crippen LogP contribution is 2.47. The molecule has 2 aliphatic rings. The van der Waals surface area contributed by atoms with Gasteiger partial charge >= 0.3 is 0 Å². The highest BCUT2D eigenvalue weighted by atomic mass is 16.7. The van der Waals surface area contributed by atoms with Crippen LogP contribution < -0.4 is 14.8 Å². The Kier molecular flexibility index (Phi) is 4.48. The van der Waals surface area contributed by atoms with Gasteiger partial charge in [-0.3, -0.25) is 9.59 Å². The summed E-state index contributed by atoms with van der Waals surface area (Å²) in [6.07, 6.45) is 1.19. The number of hydrogen-bond donors (Lipinski definition) is 1. The number of fused-ring (bicyclic) bond motifs is 1. The molecule has 0 saturated heterocycles. The zero-order valence-corrected chi connectivity index (χ0v) is 15.2. The van der Waals surface area contributed by atoms with E-state index in [0.717, 1.165) is 11.1 Å². The van der Waals surface area contributed by atoms with Gasteiger partial charge in [-0.1, -0.05) is 36.4 Å². The van der Waals surface area contributed by atoms with Crippen LogP contribution in [0.3, 0.4) is 0 Å². The van der Waals surface area contributed by atoms with Gasteiger partial charge in [-0.05, 0) is 36.1 Å². The van der Waals surface area contributed by atoms with Gasteiger partial charge in [0.15, 0.2) is 11.5 Å². The van der Waals surface area contributed by atoms with Crippen molar-refractivity contribution in [3.8, 4) is 11.5 Å². The Labute approximate surface area is 158 Å². The summed E-state index contributed by atoms with van der Waals surface area (Å²) in [7, 11) is 1.75. The van der Waals surface area contributed by atoms with Crippen molar-refractivity contribution in [2.24, 2.45) is 5.41 Å². The topological polar surface area (TPSA) is 67.9 Å². The molecule has 1 aliphatic heterocycles. The largest absolute Gasteiger partial charge is 0.454 e. The van der Waals surface area contributed by atoms with Crippen molar-refractivity contribution >= 4 is 11.8 Å². The summed E-state index contributed by atoms with van der Waals surface area (Å²) >= 11 is 0. The molecule has 0 atom stereocenters. The molecule has 4 rings (SSSR count). The first-order valence-corrected chi connectivity index (χ1v) is 9.05. The van der Waals surface area contributed by atoms with Gasteiger partial charge in [0.2, 0.25) is 18.6 Å². The van der Waals surface area contributed by atoms with Crippen LogP contribution in [0, 0.1) is 5.41 Å². The number of benzene rings is 2. The molecule has 6 heteroatoms. The molecule has 6 nitrogen and oxygen atoms in total. The molecule has 1 fully saturated rings. The first kappa shape index (κ1) is 17.4. The average Bonchev–Trinajstić information content (AvgIpc) is 3.37. The summed E-state index contributed by atoms with van der Waals surface area (Å²) in [6, 6.07) is 15.3. The minimum atomic E-state index is -0.917. The van der Waals surface area contributed by atoms with Crippen LogP contribution in [0.5, 0.6) is 11.5 Å². The molecule has 1 N–H and O–H groups in total. The van der Waals surface area contributed by atoms with Crippen LogP contribution in [0.2, 0.25) is 0 Å². The number of amides is 2. The van der Waals surface area contributed by atoms with E-state index in [1.807, 2.05) is 48.5 Å². The van der Waals surface area contributed by atoms with Gasteiger partial charge in [-0.2, -0.15) is 0 Å². The Morgan fingerprint density at radius 2 is 1.78 bits per heavy atom. The SMILES string of the molecule is CN(Cc1ccccc1)C(=O)C1(C(=O)NCc2ccc3c(c2)OCO3)CC1. The van der Waals surface area contributed by atoms with Crippen LogP contribution in [0.1, 0.15) is 24.0 Å². The third-order valence-corrected chi connectivity index (χ3v) is 5.09. The normalized spacial score (nSPS) is 15.9. The molecular formula is C21H22N2O4. The number of nitrogens with zero attached hydrogens (tertiary/aromatic N) is 1. The number of hydrogen-bond acceptors (Lipinski definition) is 4. The third kappa shape index (κ3) is 3.47. The van der Waals surface area contributed by atoms with Crippen molar-refractivity contribution in [2.75, 3.05) is 13.8 Å². The summed E-state index contributed by atoms with van der Waals surface area (Å²) in [5.41, 5.74) is 1.04. The average molecular weight is 366 g/mol. The van der Waals surface area contributed by atoms with Gasteiger partial charge in [-0.15, -0.1) is 0 Å². The van der Waals surface area contributed by atoms with Gasteiger partial charge in [0.1, 0.15) is 5.41 Å². The van der Waals surface area contributed by atoms with E-state index in [2.05, 4.69) is 5.32 Å². The van der Waals surface area contributed by atoms with E-state index in [4.69, 9.17) is 9.47 Å². The molecule has 0 bridgehead atoms. The quantitative estimate of drug-likeness (QED) is 0.798. The Morgan fingerprint density at radius 3 is 2.52 bits per heavy atom. The van der Waals surface area contributed by atoms with Crippen LogP contribution in [0.25, 0.3) is 0 Å². The monoisotopic (exact) mass is 366 g/mol. The molecule has 0 aromatic heterocycles. The van der Waals surface area contributed by atoms with Gasteiger partial charge in [0, 0.05) is 20.1 Å².